The van der Waals surface area contributed by atoms with E-state index in [1.165, 1.54) is 11.8 Å². The van der Waals surface area contributed by atoms with E-state index in [1.807, 2.05) is 43.5 Å². The average Bonchev–Trinajstić information content (AvgIpc) is 3.73. The summed E-state index contributed by atoms with van der Waals surface area (Å²) in [5.41, 5.74) is 1.43. The van der Waals surface area contributed by atoms with Crippen LogP contribution in [0.15, 0.2) is 41.8 Å². The molecule has 2 aromatic rings. The lowest BCUT2D eigenvalue weighted by Crippen LogP contribution is -2.58. The van der Waals surface area contributed by atoms with Crippen LogP contribution in [0.5, 0.6) is 0 Å². The van der Waals surface area contributed by atoms with Crippen LogP contribution in [0.4, 0.5) is 0 Å². The third-order valence-corrected chi connectivity index (χ3v) is 9.11. The van der Waals surface area contributed by atoms with Crippen molar-refractivity contribution in [2.24, 2.45) is 5.92 Å². The van der Waals surface area contributed by atoms with Gasteiger partial charge in [0.15, 0.2) is 11.6 Å². The Morgan fingerprint density at radius 3 is 2.50 bits per heavy atom. The van der Waals surface area contributed by atoms with Crippen molar-refractivity contribution < 1.29 is 24.0 Å². The first-order chi connectivity index (χ1) is 19.2. The molecule has 0 bridgehead atoms. The Morgan fingerprint density at radius 2 is 1.85 bits per heavy atom. The fourth-order valence-electron chi connectivity index (χ4n) is 6.33. The van der Waals surface area contributed by atoms with Gasteiger partial charge < -0.3 is 20.4 Å². The van der Waals surface area contributed by atoms with Gasteiger partial charge in [-0.15, -0.1) is 11.3 Å². The summed E-state index contributed by atoms with van der Waals surface area (Å²) < 4.78 is 0. The second-order valence-electron chi connectivity index (χ2n) is 11.4. The van der Waals surface area contributed by atoms with E-state index in [1.54, 1.807) is 28.4 Å². The number of Topliss-reactive ketones (excluding diaryl/α,β-unsaturated/α-hetero) is 2. The van der Waals surface area contributed by atoms with E-state index in [0.29, 0.717) is 31.4 Å². The molecule has 5 rings (SSSR count). The average molecular weight is 565 g/mol. The number of thiophene rings is 1. The van der Waals surface area contributed by atoms with Crippen LogP contribution in [0.1, 0.15) is 56.8 Å². The molecule has 1 aromatic carbocycles. The molecular formula is C30H36N4O5S. The van der Waals surface area contributed by atoms with Gasteiger partial charge in [-0.2, -0.15) is 0 Å². The number of carbonyl (C=O) groups excluding carboxylic acids is 5. The zero-order chi connectivity index (χ0) is 28.6. The van der Waals surface area contributed by atoms with E-state index in [0.717, 1.165) is 16.9 Å². The molecule has 0 spiro atoms. The number of rotatable bonds is 8. The number of benzene rings is 1. The summed E-state index contributed by atoms with van der Waals surface area (Å²) in [6, 6.07) is 7.79. The normalized spacial score (nSPS) is 24.9. The van der Waals surface area contributed by atoms with E-state index >= 15 is 0 Å². The van der Waals surface area contributed by atoms with E-state index in [-0.39, 0.29) is 41.9 Å². The fourth-order valence-corrected chi connectivity index (χ4v) is 7.06. The summed E-state index contributed by atoms with van der Waals surface area (Å²) >= 11 is 1.61. The lowest BCUT2D eigenvalue weighted by atomic mass is 9.98. The van der Waals surface area contributed by atoms with Crippen LogP contribution in [-0.4, -0.2) is 82.4 Å². The van der Waals surface area contributed by atoms with Crippen molar-refractivity contribution >= 4 is 40.6 Å². The molecule has 10 heteroatoms. The van der Waals surface area contributed by atoms with Crippen LogP contribution in [0, 0.1) is 5.92 Å². The first-order valence-electron chi connectivity index (χ1n) is 14.0. The summed E-state index contributed by atoms with van der Waals surface area (Å²) in [6.07, 6.45) is 1.94. The molecule has 0 aliphatic carbocycles. The van der Waals surface area contributed by atoms with Gasteiger partial charge in [-0.1, -0.05) is 32.0 Å². The molecular weight excluding hydrogens is 528 g/mol. The number of likely N-dealkylation sites (tertiary alicyclic amines) is 2. The molecule has 40 heavy (non-hydrogen) atoms. The first-order valence-corrected chi connectivity index (χ1v) is 14.9. The molecule has 212 valence electrons. The SMILES string of the molecule is CC(=O)N1CCCC1C(=O)C1CC2NCC(=O)C2N1C(=O)C(CC(C)C)NC(=O)c1ccc(-c2cccs2)cc1. The largest absolute Gasteiger partial charge is 0.340 e. The maximum atomic E-state index is 14.2. The number of hydrogen-bond acceptors (Lipinski definition) is 7. The Hall–Kier alpha value is -3.37. The van der Waals surface area contributed by atoms with Crippen LogP contribution in [0.25, 0.3) is 10.4 Å². The summed E-state index contributed by atoms with van der Waals surface area (Å²) in [5, 5.41) is 8.07. The predicted molar refractivity (Wildman–Crippen MR) is 152 cm³/mol. The van der Waals surface area contributed by atoms with E-state index in [2.05, 4.69) is 10.6 Å². The molecule has 1 aromatic heterocycles. The third kappa shape index (κ3) is 5.47. The van der Waals surface area contributed by atoms with Crippen LogP contribution >= 0.6 is 11.3 Å². The second kappa shape index (κ2) is 11.6. The third-order valence-electron chi connectivity index (χ3n) is 8.19. The lowest BCUT2D eigenvalue weighted by molar-refractivity contribution is -0.146. The Labute approximate surface area is 238 Å². The van der Waals surface area contributed by atoms with Gasteiger partial charge in [0.25, 0.3) is 5.91 Å². The Balaban J connectivity index is 1.39. The number of fused-ring (bicyclic) bond motifs is 1. The number of nitrogens with one attached hydrogen (secondary N) is 2. The van der Waals surface area contributed by atoms with Crippen LogP contribution in [-0.2, 0) is 19.2 Å². The molecule has 3 amide bonds. The van der Waals surface area contributed by atoms with Crippen molar-refractivity contribution in [3.8, 4) is 10.4 Å². The maximum Gasteiger partial charge on any atom is 0.251 e. The molecule has 4 heterocycles. The maximum absolute atomic E-state index is 14.2. The topological polar surface area (TPSA) is 116 Å². The van der Waals surface area contributed by atoms with E-state index in [9.17, 15) is 24.0 Å². The van der Waals surface area contributed by atoms with Crippen LogP contribution in [0.3, 0.4) is 0 Å². The van der Waals surface area contributed by atoms with Gasteiger partial charge in [0.2, 0.25) is 11.8 Å². The van der Waals surface area contributed by atoms with Gasteiger partial charge in [-0.3, -0.25) is 24.0 Å². The lowest BCUT2D eigenvalue weighted by Gasteiger charge is -2.34. The zero-order valence-electron chi connectivity index (χ0n) is 23.1. The van der Waals surface area contributed by atoms with Gasteiger partial charge >= 0.3 is 0 Å². The number of nitrogens with zero attached hydrogens (tertiary/aromatic N) is 2. The number of ketones is 2. The van der Waals surface area contributed by atoms with Crippen molar-refractivity contribution in [1.29, 1.82) is 0 Å². The number of carbonyl (C=O) groups is 5. The molecule has 5 unspecified atom stereocenters. The monoisotopic (exact) mass is 564 g/mol. The molecule has 0 radical (unpaired) electrons. The van der Waals surface area contributed by atoms with Gasteiger partial charge in [0, 0.05) is 30.0 Å². The zero-order valence-corrected chi connectivity index (χ0v) is 23.9. The van der Waals surface area contributed by atoms with Crippen molar-refractivity contribution in [3.05, 3.63) is 47.3 Å². The molecule has 9 nitrogen and oxygen atoms in total. The molecule has 3 aliphatic heterocycles. The molecule has 3 aliphatic rings. The van der Waals surface area contributed by atoms with Crippen molar-refractivity contribution in [2.45, 2.75) is 76.7 Å². The smallest absolute Gasteiger partial charge is 0.251 e. The van der Waals surface area contributed by atoms with Crippen LogP contribution < -0.4 is 10.6 Å². The van der Waals surface area contributed by atoms with E-state index < -0.39 is 30.1 Å². The van der Waals surface area contributed by atoms with Crippen molar-refractivity contribution in [3.63, 3.8) is 0 Å². The van der Waals surface area contributed by atoms with Gasteiger partial charge in [0.05, 0.1) is 18.6 Å². The summed E-state index contributed by atoms with van der Waals surface area (Å²) in [6.45, 7) is 6.02. The summed E-state index contributed by atoms with van der Waals surface area (Å²) in [5.74, 6) is -1.25. The van der Waals surface area contributed by atoms with Crippen LogP contribution in [0.2, 0.25) is 0 Å². The molecule has 3 saturated heterocycles. The molecule has 2 N–H and O–H groups in total. The van der Waals surface area contributed by atoms with Crippen molar-refractivity contribution in [1.82, 2.24) is 20.4 Å². The number of amides is 3. The van der Waals surface area contributed by atoms with Crippen molar-refractivity contribution in [2.75, 3.05) is 13.1 Å². The number of hydrogen-bond donors (Lipinski definition) is 2. The van der Waals surface area contributed by atoms with Gasteiger partial charge in [0.1, 0.15) is 12.1 Å². The van der Waals surface area contributed by atoms with Gasteiger partial charge in [-0.05, 0) is 60.7 Å². The Kier molecular flexibility index (Phi) is 8.19. The standard InChI is InChI=1S/C30H36N4O5S/c1-17(2)14-22(32-29(38)20-10-8-19(9-11-20)26-7-5-13-40-26)30(39)34-24(15-21-27(34)25(36)16-31-21)28(37)23-6-4-12-33(23)18(3)35/h5,7-11,13,17,21-24,27,31H,4,6,12,14-16H2,1-3H3,(H,32,38). The van der Waals surface area contributed by atoms with E-state index in [4.69, 9.17) is 0 Å². The highest BCUT2D eigenvalue weighted by Gasteiger charge is 2.55. The predicted octanol–water partition coefficient (Wildman–Crippen LogP) is 2.65. The second-order valence-corrected chi connectivity index (χ2v) is 12.3. The minimum Gasteiger partial charge on any atom is -0.340 e. The highest BCUT2D eigenvalue weighted by Crippen LogP contribution is 2.33. The first kappa shape index (κ1) is 28.2. The Bertz CT molecular complexity index is 1290. The molecule has 3 fully saturated rings. The molecule has 5 atom stereocenters. The highest BCUT2D eigenvalue weighted by molar-refractivity contribution is 7.13. The Morgan fingerprint density at radius 1 is 1.10 bits per heavy atom. The summed E-state index contributed by atoms with van der Waals surface area (Å²) in [7, 11) is 0. The summed E-state index contributed by atoms with van der Waals surface area (Å²) in [4.78, 5) is 70.6. The minimum atomic E-state index is -0.903. The fraction of sp³-hybridized carbons (Fsp3) is 0.500. The minimum absolute atomic E-state index is 0.0726. The quantitative estimate of drug-likeness (QED) is 0.510. The van der Waals surface area contributed by atoms with Gasteiger partial charge in [-0.25, -0.2) is 0 Å². The highest BCUT2D eigenvalue weighted by atomic mass is 32.1. The molecule has 0 saturated carbocycles.